The summed E-state index contributed by atoms with van der Waals surface area (Å²) in [4.78, 5) is 9.24. The quantitative estimate of drug-likeness (QED) is 0.738. The van der Waals surface area contributed by atoms with E-state index in [2.05, 4.69) is 9.97 Å². The predicted octanol–water partition coefficient (Wildman–Crippen LogP) is 2.22. The molecule has 3 heterocycles. The van der Waals surface area contributed by atoms with E-state index >= 15 is 0 Å². The number of hydrogen-bond donors (Lipinski definition) is 0. The maximum absolute atomic E-state index is 5.60. The highest BCUT2D eigenvalue weighted by Gasteiger charge is 2.05. The highest BCUT2D eigenvalue weighted by atomic mass is 16.6. The summed E-state index contributed by atoms with van der Waals surface area (Å²) in [5.74, 6) is 0. The molecule has 6 heteroatoms. The van der Waals surface area contributed by atoms with Crippen LogP contribution in [0.2, 0.25) is 0 Å². The van der Waals surface area contributed by atoms with Crippen LogP contribution in [-0.4, -0.2) is 49.6 Å². The molecular formula is C18H22N2O4. The summed E-state index contributed by atoms with van der Waals surface area (Å²) in [6.07, 6.45) is 0. The van der Waals surface area contributed by atoms with Crippen molar-refractivity contribution in [1.82, 2.24) is 9.97 Å². The number of fused-ring (bicyclic) bond motifs is 5. The van der Waals surface area contributed by atoms with Gasteiger partial charge in [0.05, 0.1) is 75.6 Å². The monoisotopic (exact) mass is 330 g/mol. The minimum absolute atomic E-state index is 0.455. The summed E-state index contributed by atoms with van der Waals surface area (Å²) in [6.45, 7) is 4.17. The molecule has 3 rings (SSSR count). The first-order valence-corrected chi connectivity index (χ1v) is 8.15. The van der Waals surface area contributed by atoms with Gasteiger partial charge < -0.3 is 18.9 Å². The van der Waals surface area contributed by atoms with Crippen LogP contribution in [0, 0.1) is 0 Å². The van der Waals surface area contributed by atoms with Gasteiger partial charge in [-0.05, 0) is 24.3 Å². The smallest absolute Gasteiger partial charge is 0.0890 e. The first kappa shape index (κ1) is 17.0. The van der Waals surface area contributed by atoms with Crippen LogP contribution in [0.4, 0.5) is 0 Å². The Labute approximate surface area is 141 Å². The molecule has 0 unspecified atom stereocenters. The van der Waals surface area contributed by atoms with Crippen molar-refractivity contribution in [2.24, 2.45) is 0 Å². The van der Waals surface area contributed by atoms with Crippen molar-refractivity contribution >= 4 is 0 Å². The lowest BCUT2D eigenvalue weighted by Crippen LogP contribution is -2.12. The van der Waals surface area contributed by atoms with E-state index in [0.29, 0.717) is 52.9 Å². The van der Waals surface area contributed by atoms with E-state index in [9.17, 15) is 0 Å². The van der Waals surface area contributed by atoms with Crippen LogP contribution >= 0.6 is 0 Å². The lowest BCUT2D eigenvalue weighted by Gasteiger charge is -2.10. The van der Waals surface area contributed by atoms with Crippen LogP contribution in [0.1, 0.15) is 11.4 Å². The molecule has 0 aromatic carbocycles. The molecule has 2 aromatic heterocycles. The van der Waals surface area contributed by atoms with Crippen LogP contribution in [0.3, 0.4) is 0 Å². The van der Waals surface area contributed by atoms with Gasteiger partial charge in [-0.2, -0.15) is 0 Å². The van der Waals surface area contributed by atoms with Gasteiger partial charge in [-0.1, -0.05) is 12.1 Å². The van der Waals surface area contributed by atoms with Crippen molar-refractivity contribution in [3.63, 3.8) is 0 Å². The Bertz CT molecular complexity index is 580. The van der Waals surface area contributed by atoms with E-state index in [1.165, 1.54) is 0 Å². The van der Waals surface area contributed by atoms with Gasteiger partial charge >= 0.3 is 0 Å². The Kier molecular flexibility index (Phi) is 6.68. The van der Waals surface area contributed by atoms with Crippen LogP contribution < -0.4 is 0 Å². The Hall–Kier alpha value is -1.86. The topological polar surface area (TPSA) is 62.7 Å². The van der Waals surface area contributed by atoms with Crippen LogP contribution in [0.15, 0.2) is 36.4 Å². The van der Waals surface area contributed by atoms with Gasteiger partial charge in [0, 0.05) is 0 Å². The molecule has 0 N–H and O–H groups in total. The summed E-state index contributed by atoms with van der Waals surface area (Å²) in [6, 6.07) is 11.7. The van der Waals surface area contributed by atoms with Gasteiger partial charge in [0.15, 0.2) is 0 Å². The minimum atomic E-state index is 0.455. The summed E-state index contributed by atoms with van der Waals surface area (Å²) >= 11 is 0. The molecule has 0 fully saturated rings. The maximum Gasteiger partial charge on any atom is 0.0890 e. The zero-order valence-corrected chi connectivity index (χ0v) is 13.6. The van der Waals surface area contributed by atoms with Crippen LogP contribution in [0.25, 0.3) is 11.4 Å². The van der Waals surface area contributed by atoms with Crippen molar-refractivity contribution in [3.05, 3.63) is 47.8 Å². The average Bonchev–Trinajstić information content (AvgIpc) is 2.62. The van der Waals surface area contributed by atoms with Crippen molar-refractivity contribution in [1.29, 1.82) is 0 Å². The number of ether oxygens (including phenoxy) is 4. The predicted molar refractivity (Wildman–Crippen MR) is 88.4 cm³/mol. The fourth-order valence-electron chi connectivity index (χ4n) is 2.32. The second kappa shape index (κ2) is 9.44. The third-order valence-electron chi connectivity index (χ3n) is 3.49. The minimum Gasteiger partial charge on any atom is -0.377 e. The SMILES string of the molecule is c1cc2nc(c1)-c1cccc(n1)COCCOCCOCCOC2. The molecule has 1 aliphatic rings. The first-order valence-electron chi connectivity index (χ1n) is 8.15. The Morgan fingerprint density at radius 3 is 1.42 bits per heavy atom. The number of pyridine rings is 2. The first-order chi connectivity index (χ1) is 11.9. The Morgan fingerprint density at radius 2 is 0.958 bits per heavy atom. The molecule has 0 saturated carbocycles. The van der Waals surface area contributed by atoms with E-state index in [4.69, 9.17) is 18.9 Å². The molecule has 0 amide bonds. The van der Waals surface area contributed by atoms with Crippen LogP contribution in [0.5, 0.6) is 0 Å². The van der Waals surface area contributed by atoms with Gasteiger partial charge in [-0.25, -0.2) is 9.97 Å². The van der Waals surface area contributed by atoms with Crippen molar-refractivity contribution in [2.45, 2.75) is 13.2 Å². The van der Waals surface area contributed by atoms with E-state index in [0.717, 1.165) is 22.8 Å². The number of nitrogens with zero attached hydrogens (tertiary/aromatic N) is 2. The molecular weight excluding hydrogens is 308 g/mol. The molecule has 1 aliphatic heterocycles. The highest BCUT2D eigenvalue weighted by Crippen LogP contribution is 2.16. The summed E-state index contributed by atoms with van der Waals surface area (Å²) < 4.78 is 22.1. The lowest BCUT2D eigenvalue weighted by molar-refractivity contribution is -0.00681. The van der Waals surface area contributed by atoms with Crippen LogP contribution in [-0.2, 0) is 32.2 Å². The van der Waals surface area contributed by atoms with E-state index in [1.54, 1.807) is 0 Å². The normalized spacial score (nSPS) is 17.7. The van der Waals surface area contributed by atoms with Gasteiger partial charge in [0.1, 0.15) is 0 Å². The molecule has 24 heavy (non-hydrogen) atoms. The summed E-state index contributed by atoms with van der Waals surface area (Å²) in [5, 5.41) is 0. The van der Waals surface area contributed by atoms with Gasteiger partial charge in [0.25, 0.3) is 0 Å². The standard InChI is InChI=1S/C18H22N2O4/c1-3-15-13-23-11-9-21-7-8-22-10-12-24-14-16-4-2-6-18(20-16)17(5-1)19-15/h1-6H,7-14H2. The fourth-order valence-corrected chi connectivity index (χ4v) is 2.32. The average molecular weight is 330 g/mol. The summed E-state index contributed by atoms with van der Waals surface area (Å²) in [7, 11) is 0. The zero-order valence-electron chi connectivity index (χ0n) is 13.6. The second-order valence-electron chi connectivity index (χ2n) is 5.36. The molecule has 0 radical (unpaired) electrons. The number of rotatable bonds is 0. The molecule has 128 valence electrons. The molecule has 2 aromatic rings. The number of aromatic nitrogens is 2. The lowest BCUT2D eigenvalue weighted by atomic mass is 10.2. The van der Waals surface area contributed by atoms with E-state index in [-0.39, 0.29) is 0 Å². The van der Waals surface area contributed by atoms with Gasteiger partial charge in [-0.15, -0.1) is 0 Å². The van der Waals surface area contributed by atoms with Crippen molar-refractivity contribution < 1.29 is 18.9 Å². The molecule has 0 spiro atoms. The van der Waals surface area contributed by atoms with Crippen molar-refractivity contribution in [2.75, 3.05) is 39.6 Å². The summed E-state index contributed by atoms with van der Waals surface area (Å²) in [5.41, 5.74) is 3.41. The van der Waals surface area contributed by atoms with Gasteiger partial charge in [-0.3, -0.25) is 0 Å². The number of hydrogen-bond acceptors (Lipinski definition) is 6. The second-order valence-corrected chi connectivity index (χ2v) is 5.36. The fraction of sp³-hybridized carbons (Fsp3) is 0.444. The Morgan fingerprint density at radius 1 is 0.542 bits per heavy atom. The molecule has 0 aliphatic carbocycles. The molecule has 0 atom stereocenters. The third kappa shape index (κ3) is 5.35. The molecule has 4 bridgehead atoms. The van der Waals surface area contributed by atoms with Gasteiger partial charge in [0.2, 0.25) is 0 Å². The largest absolute Gasteiger partial charge is 0.377 e. The molecule has 6 nitrogen and oxygen atoms in total. The van der Waals surface area contributed by atoms with E-state index in [1.807, 2.05) is 36.4 Å². The zero-order chi connectivity index (χ0) is 16.5. The maximum atomic E-state index is 5.60. The van der Waals surface area contributed by atoms with E-state index < -0.39 is 0 Å². The highest BCUT2D eigenvalue weighted by molar-refractivity contribution is 5.54. The Balaban J connectivity index is 1.73. The molecule has 0 saturated heterocycles. The third-order valence-corrected chi connectivity index (χ3v) is 3.49. The van der Waals surface area contributed by atoms with Crippen molar-refractivity contribution in [3.8, 4) is 11.4 Å².